The lowest BCUT2D eigenvalue weighted by atomic mass is 10.2. The minimum atomic E-state index is -0.514. The van der Waals surface area contributed by atoms with Gasteiger partial charge in [-0.3, -0.25) is 14.8 Å². The molecule has 0 saturated heterocycles. The molecule has 0 unspecified atom stereocenters. The van der Waals surface area contributed by atoms with Gasteiger partial charge in [-0.25, -0.2) is 14.3 Å². The van der Waals surface area contributed by atoms with Crippen LogP contribution >= 0.6 is 11.6 Å². The Bertz CT molecular complexity index is 996. The van der Waals surface area contributed by atoms with Crippen molar-refractivity contribution >= 4 is 23.2 Å². The predicted octanol–water partition coefficient (Wildman–Crippen LogP) is 2.48. The van der Waals surface area contributed by atoms with Crippen LogP contribution in [0.25, 0.3) is 5.65 Å². The molecule has 7 nitrogen and oxygen atoms in total. The molecule has 0 fully saturated rings. The van der Waals surface area contributed by atoms with Crippen LogP contribution in [0.15, 0.2) is 41.3 Å². The van der Waals surface area contributed by atoms with Crippen LogP contribution in [0.2, 0.25) is 5.02 Å². The van der Waals surface area contributed by atoms with Crippen LogP contribution < -0.4 is 5.56 Å². The summed E-state index contributed by atoms with van der Waals surface area (Å²) in [5.74, 6) is -0.514. The van der Waals surface area contributed by atoms with E-state index in [2.05, 4.69) is 10.1 Å². The van der Waals surface area contributed by atoms with E-state index in [0.717, 1.165) is 5.56 Å². The van der Waals surface area contributed by atoms with Crippen molar-refractivity contribution in [2.75, 3.05) is 13.7 Å². The third kappa shape index (κ3) is 3.79. The van der Waals surface area contributed by atoms with Crippen molar-refractivity contribution in [2.24, 2.45) is 0 Å². The molecule has 0 spiro atoms. The molecule has 3 rings (SSSR count). The van der Waals surface area contributed by atoms with Crippen molar-refractivity contribution in [3.8, 4) is 0 Å². The molecule has 0 saturated carbocycles. The molecule has 1 aromatic carbocycles. The quantitative estimate of drug-likeness (QED) is 0.670. The van der Waals surface area contributed by atoms with Crippen LogP contribution in [0.4, 0.5) is 0 Å². The molecule has 0 aliphatic heterocycles. The molecule has 0 aliphatic carbocycles. The van der Waals surface area contributed by atoms with Gasteiger partial charge in [-0.15, -0.1) is 0 Å². The van der Waals surface area contributed by atoms with Gasteiger partial charge in [-0.05, 0) is 25.6 Å². The van der Waals surface area contributed by atoms with Crippen molar-refractivity contribution in [2.45, 2.75) is 20.0 Å². The van der Waals surface area contributed by atoms with Crippen molar-refractivity contribution in [1.29, 1.82) is 0 Å². The van der Waals surface area contributed by atoms with Gasteiger partial charge in [0.05, 0.1) is 12.3 Å². The molecule has 136 valence electrons. The van der Waals surface area contributed by atoms with Crippen molar-refractivity contribution in [1.82, 2.24) is 19.5 Å². The van der Waals surface area contributed by atoms with Gasteiger partial charge >= 0.3 is 5.97 Å². The Balaban J connectivity index is 1.86. The molecule has 0 aliphatic rings. The third-order valence-corrected chi connectivity index (χ3v) is 4.24. The van der Waals surface area contributed by atoms with Crippen LogP contribution in [-0.2, 0) is 17.8 Å². The highest BCUT2D eigenvalue weighted by atomic mass is 35.5. The molecule has 0 bridgehead atoms. The first-order valence-corrected chi connectivity index (χ1v) is 8.56. The number of aromatic amines is 1. The summed E-state index contributed by atoms with van der Waals surface area (Å²) in [5, 5.41) is 3.43. The molecule has 0 radical (unpaired) electrons. The summed E-state index contributed by atoms with van der Waals surface area (Å²) in [6.07, 6.45) is 1.43. The predicted molar refractivity (Wildman–Crippen MR) is 98.4 cm³/mol. The van der Waals surface area contributed by atoms with E-state index in [0.29, 0.717) is 23.8 Å². The van der Waals surface area contributed by atoms with Gasteiger partial charge in [0.1, 0.15) is 5.56 Å². The summed E-state index contributed by atoms with van der Waals surface area (Å²) in [4.78, 5) is 30.8. The zero-order valence-electron chi connectivity index (χ0n) is 14.5. The molecule has 3 aromatic rings. The molecule has 8 heteroatoms. The Labute approximate surface area is 155 Å². The lowest BCUT2D eigenvalue weighted by molar-refractivity contribution is 0.0528. The smallest absolute Gasteiger partial charge is 0.343 e. The summed E-state index contributed by atoms with van der Waals surface area (Å²) in [6, 6.07) is 9.05. The Kier molecular flexibility index (Phi) is 5.39. The summed E-state index contributed by atoms with van der Waals surface area (Å²) >= 11 is 6.19. The first-order valence-electron chi connectivity index (χ1n) is 8.18. The van der Waals surface area contributed by atoms with Crippen molar-refractivity contribution in [3.05, 3.63) is 68.7 Å². The van der Waals surface area contributed by atoms with Gasteiger partial charge in [0, 0.05) is 30.4 Å². The number of ether oxygens (including phenoxy) is 1. The highest BCUT2D eigenvalue weighted by Crippen LogP contribution is 2.17. The van der Waals surface area contributed by atoms with Gasteiger partial charge < -0.3 is 4.74 Å². The fourth-order valence-electron chi connectivity index (χ4n) is 2.72. The standard InChI is InChI=1S/C18H19ClN4O3/c1-3-26-18(25)14-9-20-23-16(24)8-13(21-17(14)23)11-22(2)10-12-6-4-5-7-15(12)19/h4-9,20H,3,10-11H2,1-2H3. The molecule has 1 N–H and O–H groups in total. The number of fused-ring (bicyclic) bond motifs is 1. The Morgan fingerprint density at radius 3 is 2.85 bits per heavy atom. The minimum absolute atomic E-state index is 0.236. The molecule has 0 atom stereocenters. The molecule has 0 amide bonds. The first-order chi connectivity index (χ1) is 12.5. The number of H-pyrrole nitrogens is 1. The lowest BCUT2D eigenvalue weighted by Gasteiger charge is -2.17. The second-order valence-corrected chi connectivity index (χ2v) is 6.32. The van der Waals surface area contributed by atoms with Crippen LogP contribution in [0.1, 0.15) is 28.5 Å². The third-order valence-electron chi connectivity index (χ3n) is 3.88. The van der Waals surface area contributed by atoms with E-state index in [9.17, 15) is 9.59 Å². The fraction of sp³-hybridized carbons (Fsp3) is 0.278. The summed E-state index contributed by atoms with van der Waals surface area (Å²) in [5.41, 5.74) is 1.77. The first kappa shape index (κ1) is 18.2. The van der Waals surface area contributed by atoms with E-state index in [1.54, 1.807) is 6.92 Å². The van der Waals surface area contributed by atoms with Crippen LogP contribution in [0.3, 0.4) is 0 Å². The number of carbonyl (C=O) groups excluding carboxylic acids is 1. The van der Waals surface area contributed by atoms with Crippen LogP contribution in [0, 0.1) is 0 Å². The zero-order valence-corrected chi connectivity index (χ0v) is 15.3. The van der Waals surface area contributed by atoms with E-state index in [1.807, 2.05) is 36.2 Å². The zero-order chi connectivity index (χ0) is 18.7. The van der Waals surface area contributed by atoms with E-state index in [1.165, 1.54) is 16.8 Å². The average Bonchev–Trinajstić information content (AvgIpc) is 3.01. The number of nitrogens with zero attached hydrogens (tertiary/aromatic N) is 3. The molecular weight excluding hydrogens is 356 g/mol. The van der Waals surface area contributed by atoms with E-state index < -0.39 is 5.97 Å². The number of hydrogen-bond acceptors (Lipinski definition) is 5. The number of esters is 1. The summed E-state index contributed by atoms with van der Waals surface area (Å²) in [6.45, 7) is 3.02. The number of hydrogen-bond donors (Lipinski definition) is 1. The van der Waals surface area contributed by atoms with E-state index in [-0.39, 0.29) is 23.4 Å². The maximum atomic E-state index is 12.3. The van der Waals surface area contributed by atoms with Crippen LogP contribution in [-0.4, -0.2) is 39.1 Å². The van der Waals surface area contributed by atoms with E-state index in [4.69, 9.17) is 16.3 Å². The molecular formula is C18H19ClN4O3. The highest BCUT2D eigenvalue weighted by Gasteiger charge is 2.17. The van der Waals surface area contributed by atoms with Gasteiger partial charge in [-0.2, -0.15) is 0 Å². The monoisotopic (exact) mass is 374 g/mol. The molecule has 2 heterocycles. The lowest BCUT2D eigenvalue weighted by Crippen LogP contribution is -2.22. The summed E-state index contributed by atoms with van der Waals surface area (Å²) in [7, 11) is 1.91. The molecule has 26 heavy (non-hydrogen) atoms. The SMILES string of the molecule is CCOC(=O)c1c[nH]n2c(=O)cc(CN(C)Cc3ccccc3Cl)nc12. The fourth-order valence-corrected chi connectivity index (χ4v) is 2.91. The average molecular weight is 375 g/mol. The Morgan fingerprint density at radius 1 is 1.35 bits per heavy atom. The van der Waals surface area contributed by atoms with Crippen molar-refractivity contribution < 1.29 is 9.53 Å². The van der Waals surface area contributed by atoms with E-state index >= 15 is 0 Å². The van der Waals surface area contributed by atoms with Gasteiger partial charge in [-0.1, -0.05) is 29.8 Å². The largest absolute Gasteiger partial charge is 0.462 e. The number of rotatable bonds is 6. The van der Waals surface area contributed by atoms with Gasteiger partial charge in [0.15, 0.2) is 5.65 Å². The number of nitrogens with one attached hydrogen (secondary N) is 1. The normalized spacial score (nSPS) is 11.2. The minimum Gasteiger partial charge on any atom is -0.462 e. The maximum Gasteiger partial charge on any atom is 0.343 e. The second kappa shape index (κ2) is 7.72. The Morgan fingerprint density at radius 2 is 2.12 bits per heavy atom. The number of benzene rings is 1. The highest BCUT2D eigenvalue weighted by molar-refractivity contribution is 6.31. The maximum absolute atomic E-state index is 12.3. The number of aromatic nitrogens is 3. The Hall–Kier alpha value is -2.64. The number of halogens is 1. The van der Waals surface area contributed by atoms with Gasteiger partial charge in [0.2, 0.25) is 0 Å². The van der Waals surface area contributed by atoms with Crippen molar-refractivity contribution in [3.63, 3.8) is 0 Å². The number of carbonyl (C=O) groups is 1. The van der Waals surface area contributed by atoms with Crippen LogP contribution in [0.5, 0.6) is 0 Å². The summed E-state index contributed by atoms with van der Waals surface area (Å²) < 4.78 is 6.23. The van der Waals surface area contributed by atoms with Gasteiger partial charge in [0.25, 0.3) is 5.56 Å². The topological polar surface area (TPSA) is 79.7 Å². The second-order valence-electron chi connectivity index (χ2n) is 5.92. The molecule has 2 aromatic heterocycles.